The average molecular weight is 369 g/mol. The first-order valence-corrected chi connectivity index (χ1v) is 8.89. The van der Waals surface area contributed by atoms with Gasteiger partial charge < -0.3 is 10.0 Å². The van der Waals surface area contributed by atoms with Gasteiger partial charge in [0.15, 0.2) is 0 Å². The lowest BCUT2D eigenvalue weighted by molar-refractivity contribution is -0.137. The van der Waals surface area contributed by atoms with Crippen LogP contribution in [0.5, 0.6) is 0 Å². The highest BCUT2D eigenvalue weighted by Crippen LogP contribution is 2.37. The molecule has 1 fully saturated rings. The Balaban J connectivity index is 1.83. The number of hydrogen-bond acceptors (Lipinski definition) is 3. The number of rotatable bonds is 3. The molecule has 2 aromatic rings. The maximum Gasteiger partial charge on any atom is 0.416 e. The molecule has 1 N–H and O–H groups in total. The number of carbonyl (C=O) groups is 1. The van der Waals surface area contributed by atoms with Gasteiger partial charge in [0.25, 0.3) is 0 Å². The molecule has 0 bridgehead atoms. The quantitative estimate of drug-likeness (QED) is 0.881. The van der Waals surface area contributed by atoms with Crippen molar-refractivity contribution in [3.05, 3.63) is 57.8 Å². The predicted molar refractivity (Wildman–Crippen MR) is 89.3 cm³/mol. The van der Waals surface area contributed by atoms with Gasteiger partial charge in [0.1, 0.15) is 0 Å². The highest BCUT2D eigenvalue weighted by atomic mass is 32.1. The van der Waals surface area contributed by atoms with Crippen molar-refractivity contribution in [1.29, 1.82) is 0 Å². The third kappa shape index (κ3) is 3.72. The molecule has 7 heteroatoms. The van der Waals surface area contributed by atoms with Gasteiger partial charge in [0, 0.05) is 6.54 Å². The zero-order valence-corrected chi connectivity index (χ0v) is 14.3. The molecule has 25 heavy (non-hydrogen) atoms. The molecule has 1 aromatic carbocycles. The van der Waals surface area contributed by atoms with E-state index in [0.717, 1.165) is 17.7 Å². The van der Waals surface area contributed by atoms with Crippen LogP contribution >= 0.6 is 11.3 Å². The molecule has 0 saturated carbocycles. The molecule has 1 aliphatic heterocycles. The molecule has 2 heterocycles. The van der Waals surface area contributed by atoms with Gasteiger partial charge in [0.05, 0.1) is 23.6 Å². The number of carbonyl (C=O) groups excluding carboxylic acids is 1. The van der Waals surface area contributed by atoms with Crippen LogP contribution in [0.2, 0.25) is 0 Å². The van der Waals surface area contributed by atoms with E-state index < -0.39 is 23.9 Å². The molecule has 1 aromatic heterocycles. The van der Waals surface area contributed by atoms with E-state index in [2.05, 4.69) is 0 Å². The standard InChI is InChI=1S/C18H18F3NO2S/c1-11(13-6-7-25-10-13)17(24)22-9-15(23)8-16(22)12-2-4-14(5-3-12)18(19,20)21/h2-7,10-11,15-16,23H,8-9H2,1H3/t11-,15-,16-/m0/s1. The second-order valence-corrected chi connectivity index (χ2v) is 7.07. The van der Waals surface area contributed by atoms with Crippen LogP contribution in [0.25, 0.3) is 0 Å². The SMILES string of the molecule is C[C@H](C(=O)N1C[C@@H](O)C[C@H]1c1ccc(C(F)(F)F)cc1)c1ccsc1. The van der Waals surface area contributed by atoms with Gasteiger partial charge >= 0.3 is 6.18 Å². The number of β-amino-alcohol motifs (C(OH)–C–C–N with tert-alkyl or cyclic N) is 1. The zero-order chi connectivity index (χ0) is 18.2. The normalized spacial score (nSPS) is 22.2. The molecule has 0 spiro atoms. The fourth-order valence-corrected chi connectivity index (χ4v) is 3.93. The Bertz CT molecular complexity index is 728. The topological polar surface area (TPSA) is 40.5 Å². The lowest BCUT2D eigenvalue weighted by atomic mass is 9.99. The van der Waals surface area contributed by atoms with Crippen molar-refractivity contribution in [2.24, 2.45) is 0 Å². The van der Waals surface area contributed by atoms with E-state index in [0.29, 0.717) is 12.0 Å². The fourth-order valence-electron chi connectivity index (χ4n) is 3.18. The lowest BCUT2D eigenvalue weighted by Gasteiger charge is -2.27. The minimum Gasteiger partial charge on any atom is -0.391 e. The minimum absolute atomic E-state index is 0.125. The highest BCUT2D eigenvalue weighted by molar-refractivity contribution is 7.08. The molecule has 1 saturated heterocycles. The molecule has 3 rings (SSSR count). The lowest BCUT2D eigenvalue weighted by Crippen LogP contribution is -2.34. The number of halogens is 3. The number of benzene rings is 1. The summed E-state index contributed by atoms with van der Waals surface area (Å²) >= 11 is 1.50. The number of aliphatic hydroxyl groups excluding tert-OH is 1. The Morgan fingerprint density at radius 3 is 2.52 bits per heavy atom. The highest BCUT2D eigenvalue weighted by Gasteiger charge is 2.38. The molecule has 0 radical (unpaired) electrons. The van der Waals surface area contributed by atoms with Crippen LogP contribution in [0.4, 0.5) is 13.2 Å². The summed E-state index contributed by atoms with van der Waals surface area (Å²) in [5.41, 5.74) is 0.789. The number of thiophene rings is 1. The fraction of sp³-hybridized carbons (Fsp3) is 0.389. The Kier molecular flexibility index (Phi) is 4.88. The van der Waals surface area contributed by atoms with E-state index in [1.807, 2.05) is 16.8 Å². The molecular formula is C18H18F3NO2S. The van der Waals surface area contributed by atoms with Gasteiger partial charge in [-0.25, -0.2) is 0 Å². The van der Waals surface area contributed by atoms with Gasteiger partial charge in [0.2, 0.25) is 5.91 Å². The summed E-state index contributed by atoms with van der Waals surface area (Å²) in [4.78, 5) is 14.4. The number of amides is 1. The molecular weight excluding hydrogens is 351 g/mol. The first-order chi connectivity index (χ1) is 11.8. The first-order valence-electron chi connectivity index (χ1n) is 7.95. The summed E-state index contributed by atoms with van der Waals surface area (Å²) in [6.07, 6.45) is -4.74. The van der Waals surface area contributed by atoms with E-state index in [-0.39, 0.29) is 18.4 Å². The second-order valence-electron chi connectivity index (χ2n) is 6.29. The Morgan fingerprint density at radius 1 is 1.28 bits per heavy atom. The molecule has 3 atom stereocenters. The summed E-state index contributed by atoms with van der Waals surface area (Å²) in [6, 6.07) is 6.29. The number of aliphatic hydroxyl groups is 1. The van der Waals surface area contributed by atoms with Crippen LogP contribution in [-0.2, 0) is 11.0 Å². The van der Waals surface area contributed by atoms with Gasteiger partial charge in [-0.05, 0) is 53.4 Å². The molecule has 0 unspecified atom stereocenters. The monoisotopic (exact) mass is 369 g/mol. The summed E-state index contributed by atoms with van der Waals surface area (Å²) < 4.78 is 38.2. The largest absolute Gasteiger partial charge is 0.416 e. The van der Waals surface area contributed by atoms with E-state index in [1.54, 1.807) is 11.8 Å². The maximum atomic E-state index is 12.8. The first kappa shape index (κ1) is 17.9. The molecule has 1 amide bonds. The van der Waals surface area contributed by atoms with E-state index in [1.165, 1.54) is 23.5 Å². The maximum absolute atomic E-state index is 12.8. The average Bonchev–Trinajstić information content (AvgIpc) is 3.22. The number of hydrogen-bond donors (Lipinski definition) is 1. The molecule has 1 aliphatic rings. The summed E-state index contributed by atoms with van der Waals surface area (Å²) in [6.45, 7) is 2.00. The van der Waals surface area contributed by atoms with Gasteiger partial charge in [-0.2, -0.15) is 24.5 Å². The summed E-state index contributed by atoms with van der Waals surface area (Å²) in [7, 11) is 0. The van der Waals surface area contributed by atoms with Crippen molar-refractivity contribution in [1.82, 2.24) is 4.90 Å². The van der Waals surface area contributed by atoms with Crippen LogP contribution in [0.3, 0.4) is 0 Å². The number of nitrogens with zero attached hydrogens (tertiary/aromatic N) is 1. The third-order valence-corrected chi connectivity index (χ3v) is 5.30. The Morgan fingerprint density at radius 2 is 1.96 bits per heavy atom. The smallest absolute Gasteiger partial charge is 0.391 e. The minimum atomic E-state index is -4.39. The van der Waals surface area contributed by atoms with Crippen molar-refractivity contribution >= 4 is 17.2 Å². The van der Waals surface area contributed by atoms with Crippen molar-refractivity contribution in [3.8, 4) is 0 Å². The second kappa shape index (κ2) is 6.80. The summed E-state index contributed by atoms with van der Waals surface area (Å²) in [5.74, 6) is -0.478. The van der Waals surface area contributed by atoms with Crippen LogP contribution in [0.15, 0.2) is 41.1 Å². The Hall–Kier alpha value is -1.86. The van der Waals surface area contributed by atoms with Gasteiger partial charge in [-0.1, -0.05) is 12.1 Å². The third-order valence-electron chi connectivity index (χ3n) is 4.60. The number of alkyl halides is 3. The van der Waals surface area contributed by atoms with E-state index in [9.17, 15) is 23.1 Å². The van der Waals surface area contributed by atoms with E-state index in [4.69, 9.17) is 0 Å². The predicted octanol–water partition coefficient (Wildman–Crippen LogP) is 4.20. The van der Waals surface area contributed by atoms with Crippen molar-refractivity contribution in [2.75, 3.05) is 6.54 Å². The zero-order valence-electron chi connectivity index (χ0n) is 13.5. The Labute approximate surface area is 147 Å². The van der Waals surface area contributed by atoms with Crippen LogP contribution in [0.1, 0.15) is 42.0 Å². The summed E-state index contributed by atoms with van der Waals surface area (Å²) in [5, 5.41) is 13.8. The van der Waals surface area contributed by atoms with Gasteiger partial charge in [-0.3, -0.25) is 4.79 Å². The van der Waals surface area contributed by atoms with E-state index >= 15 is 0 Å². The van der Waals surface area contributed by atoms with Crippen molar-refractivity contribution < 1.29 is 23.1 Å². The van der Waals surface area contributed by atoms with Crippen LogP contribution < -0.4 is 0 Å². The van der Waals surface area contributed by atoms with Crippen LogP contribution in [-0.4, -0.2) is 28.6 Å². The molecule has 134 valence electrons. The van der Waals surface area contributed by atoms with Crippen molar-refractivity contribution in [3.63, 3.8) is 0 Å². The van der Waals surface area contributed by atoms with Crippen molar-refractivity contribution in [2.45, 2.75) is 37.6 Å². The molecule has 3 nitrogen and oxygen atoms in total. The van der Waals surface area contributed by atoms with Crippen LogP contribution in [0, 0.1) is 0 Å². The van der Waals surface area contributed by atoms with Gasteiger partial charge in [-0.15, -0.1) is 0 Å². The number of likely N-dealkylation sites (tertiary alicyclic amines) is 1. The molecule has 0 aliphatic carbocycles.